The van der Waals surface area contributed by atoms with Gasteiger partial charge < -0.3 is 0 Å². The molecule has 0 saturated heterocycles. The van der Waals surface area contributed by atoms with Crippen LogP contribution in [0.1, 0.15) is 5.56 Å². The fourth-order valence-corrected chi connectivity index (χ4v) is 3.14. The fraction of sp³-hybridized carbons (Fsp3) is 0.0714. The molecule has 0 aliphatic heterocycles. The number of aromatic nitrogens is 1. The van der Waals surface area contributed by atoms with Crippen LogP contribution in [0, 0.1) is 0 Å². The highest BCUT2D eigenvalue weighted by Crippen LogP contribution is 2.43. The van der Waals surface area contributed by atoms with E-state index in [0.29, 0.717) is 10.3 Å². The van der Waals surface area contributed by atoms with Gasteiger partial charge in [-0.3, -0.25) is 0 Å². The molecule has 3 rings (SSSR count). The summed E-state index contributed by atoms with van der Waals surface area (Å²) < 4.78 is 40.7. The molecule has 1 heterocycles. The topological polar surface area (TPSA) is 12.9 Å². The molecule has 0 N–H and O–H groups in total. The van der Waals surface area contributed by atoms with Crippen molar-refractivity contribution < 1.29 is 13.2 Å². The SMILES string of the molecule is FC(F)(F)c1c(-c2ccccc2)ccc2sc(Cl)nc12. The molecule has 0 atom stereocenters. The van der Waals surface area contributed by atoms with Gasteiger partial charge in [-0.15, -0.1) is 11.3 Å². The number of halogens is 4. The van der Waals surface area contributed by atoms with E-state index in [1.54, 1.807) is 36.4 Å². The van der Waals surface area contributed by atoms with Gasteiger partial charge in [-0.1, -0.05) is 48.0 Å². The van der Waals surface area contributed by atoms with Crippen molar-refractivity contribution in [1.29, 1.82) is 0 Å². The maximum atomic E-state index is 13.4. The van der Waals surface area contributed by atoms with Gasteiger partial charge in [0.2, 0.25) is 0 Å². The molecule has 0 aliphatic carbocycles. The van der Waals surface area contributed by atoms with Gasteiger partial charge in [0.15, 0.2) is 4.47 Å². The lowest BCUT2D eigenvalue weighted by Crippen LogP contribution is -2.08. The van der Waals surface area contributed by atoms with Crippen LogP contribution >= 0.6 is 22.9 Å². The normalized spacial score (nSPS) is 12.0. The Labute approximate surface area is 121 Å². The zero-order valence-electron chi connectivity index (χ0n) is 9.91. The second-order valence-corrected chi connectivity index (χ2v) is 5.78. The largest absolute Gasteiger partial charge is 0.419 e. The number of hydrogen-bond donors (Lipinski definition) is 0. The van der Waals surface area contributed by atoms with Gasteiger partial charge in [-0.25, -0.2) is 4.98 Å². The van der Waals surface area contributed by atoms with Crippen molar-refractivity contribution in [2.24, 2.45) is 0 Å². The number of thiazole rings is 1. The van der Waals surface area contributed by atoms with Crippen LogP contribution in [0.2, 0.25) is 4.47 Å². The number of benzene rings is 2. The average molecular weight is 314 g/mol. The average Bonchev–Trinajstić information content (AvgIpc) is 2.77. The number of hydrogen-bond acceptors (Lipinski definition) is 2. The van der Waals surface area contributed by atoms with Crippen LogP contribution in [-0.2, 0) is 6.18 Å². The van der Waals surface area contributed by atoms with Crippen LogP contribution in [0.5, 0.6) is 0 Å². The first-order valence-electron chi connectivity index (χ1n) is 5.68. The zero-order valence-corrected chi connectivity index (χ0v) is 11.5. The van der Waals surface area contributed by atoms with E-state index in [9.17, 15) is 13.2 Å². The highest BCUT2D eigenvalue weighted by atomic mass is 35.5. The Bertz CT molecular complexity index is 765. The molecular formula is C14H7ClF3NS. The van der Waals surface area contributed by atoms with E-state index in [2.05, 4.69) is 4.98 Å². The molecule has 0 spiro atoms. The molecule has 1 aromatic heterocycles. The number of nitrogens with zero attached hydrogens (tertiary/aromatic N) is 1. The minimum absolute atomic E-state index is 0.0890. The van der Waals surface area contributed by atoms with Gasteiger partial charge in [0.05, 0.1) is 15.8 Å². The first-order chi connectivity index (χ1) is 9.47. The Hall–Kier alpha value is -1.59. The van der Waals surface area contributed by atoms with Crippen molar-refractivity contribution in [3.05, 3.63) is 52.5 Å². The fourth-order valence-electron chi connectivity index (χ4n) is 2.11. The second-order valence-electron chi connectivity index (χ2n) is 4.17. The molecule has 6 heteroatoms. The molecule has 0 bridgehead atoms. The summed E-state index contributed by atoms with van der Waals surface area (Å²) in [6.07, 6.45) is -4.48. The Kier molecular flexibility index (Phi) is 3.18. The zero-order chi connectivity index (χ0) is 14.3. The van der Waals surface area contributed by atoms with Gasteiger partial charge >= 0.3 is 6.18 Å². The lowest BCUT2D eigenvalue weighted by atomic mass is 9.98. The Morgan fingerprint density at radius 3 is 2.35 bits per heavy atom. The molecule has 0 saturated carbocycles. The van der Waals surface area contributed by atoms with Crippen molar-refractivity contribution in [2.45, 2.75) is 6.18 Å². The van der Waals surface area contributed by atoms with Gasteiger partial charge in [0.25, 0.3) is 0 Å². The molecule has 0 amide bonds. The second kappa shape index (κ2) is 4.75. The van der Waals surface area contributed by atoms with Crippen molar-refractivity contribution in [3.8, 4) is 11.1 Å². The van der Waals surface area contributed by atoms with E-state index < -0.39 is 11.7 Å². The summed E-state index contributed by atoms with van der Waals surface area (Å²) in [5.41, 5.74) is -0.198. The predicted octanol–water partition coefficient (Wildman–Crippen LogP) is 5.64. The van der Waals surface area contributed by atoms with Crippen LogP contribution in [-0.4, -0.2) is 4.98 Å². The Morgan fingerprint density at radius 2 is 1.70 bits per heavy atom. The van der Waals surface area contributed by atoms with E-state index >= 15 is 0 Å². The minimum atomic E-state index is -4.48. The van der Waals surface area contributed by atoms with Crippen LogP contribution in [0.15, 0.2) is 42.5 Å². The highest BCUT2D eigenvalue weighted by Gasteiger charge is 2.37. The van der Waals surface area contributed by atoms with Crippen molar-refractivity contribution in [1.82, 2.24) is 4.98 Å². The van der Waals surface area contributed by atoms with Crippen molar-refractivity contribution in [2.75, 3.05) is 0 Å². The molecule has 0 unspecified atom stereocenters. The monoisotopic (exact) mass is 313 g/mol. The molecule has 0 fully saturated rings. The molecule has 1 nitrogen and oxygen atoms in total. The molecule has 0 radical (unpaired) electrons. The van der Waals surface area contributed by atoms with Crippen LogP contribution in [0.4, 0.5) is 13.2 Å². The van der Waals surface area contributed by atoms with E-state index in [1.807, 2.05) is 0 Å². The summed E-state index contributed by atoms with van der Waals surface area (Å²) in [5.74, 6) is 0. The Balaban J connectivity index is 2.38. The lowest BCUT2D eigenvalue weighted by Gasteiger charge is -2.13. The number of rotatable bonds is 1. The summed E-state index contributed by atoms with van der Waals surface area (Å²) in [7, 11) is 0. The minimum Gasteiger partial charge on any atom is -0.224 e. The maximum absolute atomic E-state index is 13.4. The molecule has 102 valence electrons. The van der Waals surface area contributed by atoms with E-state index in [4.69, 9.17) is 11.6 Å². The number of fused-ring (bicyclic) bond motifs is 1. The lowest BCUT2D eigenvalue weighted by molar-refractivity contribution is -0.135. The van der Waals surface area contributed by atoms with E-state index in [0.717, 1.165) is 11.3 Å². The van der Waals surface area contributed by atoms with Crippen molar-refractivity contribution in [3.63, 3.8) is 0 Å². The standard InChI is InChI=1S/C14H7ClF3NS/c15-13-19-12-10(20-13)7-6-9(11(12)14(16,17)18)8-4-2-1-3-5-8/h1-7H. The highest BCUT2D eigenvalue weighted by molar-refractivity contribution is 7.22. The van der Waals surface area contributed by atoms with E-state index in [-0.39, 0.29) is 15.5 Å². The van der Waals surface area contributed by atoms with Gasteiger partial charge in [-0.05, 0) is 17.2 Å². The summed E-state index contributed by atoms with van der Waals surface area (Å²) in [5, 5.41) is 0. The first kappa shape index (κ1) is 13.4. The Morgan fingerprint density at radius 1 is 1.00 bits per heavy atom. The summed E-state index contributed by atoms with van der Waals surface area (Å²) >= 11 is 6.78. The summed E-state index contributed by atoms with van der Waals surface area (Å²) in [6, 6.07) is 11.5. The molecule has 3 aromatic rings. The maximum Gasteiger partial charge on any atom is 0.419 e. The van der Waals surface area contributed by atoms with Gasteiger partial charge in [0.1, 0.15) is 0 Å². The van der Waals surface area contributed by atoms with Crippen LogP contribution in [0.25, 0.3) is 21.3 Å². The first-order valence-corrected chi connectivity index (χ1v) is 6.88. The molecular weight excluding hydrogens is 307 g/mol. The van der Waals surface area contributed by atoms with Gasteiger partial charge in [0, 0.05) is 0 Å². The smallest absolute Gasteiger partial charge is 0.224 e. The molecule has 2 aromatic carbocycles. The summed E-state index contributed by atoms with van der Waals surface area (Å²) in [4.78, 5) is 3.83. The molecule has 0 aliphatic rings. The number of alkyl halides is 3. The summed E-state index contributed by atoms with van der Waals surface area (Å²) in [6.45, 7) is 0. The third-order valence-corrected chi connectivity index (χ3v) is 4.03. The van der Waals surface area contributed by atoms with Crippen molar-refractivity contribution >= 4 is 33.2 Å². The van der Waals surface area contributed by atoms with E-state index in [1.165, 1.54) is 6.07 Å². The predicted molar refractivity (Wildman–Crippen MR) is 75.1 cm³/mol. The third-order valence-electron chi connectivity index (χ3n) is 2.90. The van der Waals surface area contributed by atoms with Crippen LogP contribution < -0.4 is 0 Å². The van der Waals surface area contributed by atoms with Gasteiger partial charge in [-0.2, -0.15) is 13.2 Å². The molecule has 20 heavy (non-hydrogen) atoms. The third kappa shape index (κ3) is 2.27. The van der Waals surface area contributed by atoms with Crippen LogP contribution in [0.3, 0.4) is 0 Å². The quantitative estimate of drug-likeness (QED) is 0.567.